The van der Waals surface area contributed by atoms with E-state index in [4.69, 9.17) is 9.15 Å². The topological polar surface area (TPSA) is 126 Å². The first-order chi connectivity index (χ1) is 15.8. The predicted molar refractivity (Wildman–Crippen MR) is 118 cm³/mol. The van der Waals surface area contributed by atoms with Crippen LogP contribution in [0.25, 0.3) is 11.0 Å². The fourth-order valence-corrected chi connectivity index (χ4v) is 3.59. The monoisotopic (exact) mass is 449 g/mol. The van der Waals surface area contributed by atoms with Crippen LogP contribution in [0.3, 0.4) is 0 Å². The van der Waals surface area contributed by atoms with Crippen LogP contribution in [-0.2, 0) is 20.9 Å². The molecule has 10 heteroatoms. The van der Waals surface area contributed by atoms with Crippen LogP contribution in [0, 0.1) is 0 Å². The predicted octanol–water partition coefficient (Wildman–Crippen LogP) is 2.65. The standard InChI is InChI=1S/C23H19N3O7/c1-3-32-18-7-5-4-6-17(18)26-22(30)21(29)25(23(26)31)12-14-10-20(28)33-19-11-15(24-13(2)27)8-9-16(14)19/h4-11H,3,12H2,1-2H3,(H,24,27). The molecule has 0 unspecified atom stereocenters. The summed E-state index contributed by atoms with van der Waals surface area (Å²) in [6.45, 7) is 3.08. The van der Waals surface area contributed by atoms with Crippen LogP contribution < -0.4 is 20.6 Å². The van der Waals surface area contributed by atoms with E-state index in [1.54, 1.807) is 37.3 Å². The fourth-order valence-electron chi connectivity index (χ4n) is 3.59. The Hall–Kier alpha value is -4.47. The molecule has 33 heavy (non-hydrogen) atoms. The van der Waals surface area contributed by atoms with Gasteiger partial charge in [-0.2, -0.15) is 0 Å². The Morgan fingerprint density at radius 3 is 2.52 bits per heavy atom. The zero-order valence-corrected chi connectivity index (χ0v) is 17.8. The molecule has 1 saturated heterocycles. The molecule has 1 N–H and O–H groups in total. The Morgan fingerprint density at radius 2 is 1.79 bits per heavy atom. The summed E-state index contributed by atoms with van der Waals surface area (Å²) >= 11 is 0. The highest BCUT2D eigenvalue weighted by Crippen LogP contribution is 2.33. The summed E-state index contributed by atoms with van der Waals surface area (Å²) in [6.07, 6.45) is 0. The van der Waals surface area contributed by atoms with Crippen molar-refractivity contribution in [3.05, 3.63) is 64.5 Å². The number of benzene rings is 2. The molecule has 3 aromatic rings. The van der Waals surface area contributed by atoms with Crippen molar-refractivity contribution in [1.82, 2.24) is 4.90 Å². The van der Waals surface area contributed by atoms with Gasteiger partial charge in [0.1, 0.15) is 11.3 Å². The molecule has 0 radical (unpaired) electrons. The van der Waals surface area contributed by atoms with Crippen LogP contribution in [-0.4, -0.2) is 35.3 Å². The van der Waals surface area contributed by atoms with Crippen molar-refractivity contribution < 1.29 is 28.3 Å². The molecular weight excluding hydrogens is 430 g/mol. The van der Waals surface area contributed by atoms with Gasteiger partial charge in [0.2, 0.25) is 5.91 Å². The molecule has 5 amide bonds. The van der Waals surface area contributed by atoms with Gasteiger partial charge in [0.05, 0.1) is 18.8 Å². The number of anilines is 2. The average molecular weight is 449 g/mol. The molecule has 168 valence electrons. The summed E-state index contributed by atoms with van der Waals surface area (Å²) in [6, 6.07) is 11.4. The number of para-hydroxylation sites is 2. The number of amides is 5. The summed E-state index contributed by atoms with van der Waals surface area (Å²) in [5.41, 5.74) is 0.333. The molecule has 1 aliphatic heterocycles. The van der Waals surface area contributed by atoms with Gasteiger partial charge in [0.25, 0.3) is 0 Å². The number of urea groups is 1. The second-order valence-corrected chi connectivity index (χ2v) is 7.20. The lowest BCUT2D eigenvalue weighted by molar-refractivity contribution is -0.139. The number of carbonyl (C=O) groups is 4. The van der Waals surface area contributed by atoms with Crippen molar-refractivity contribution in [2.75, 3.05) is 16.8 Å². The molecule has 1 fully saturated rings. The van der Waals surface area contributed by atoms with Gasteiger partial charge in [-0.1, -0.05) is 12.1 Å². The first-order valence-electron chi connectivity index (χ1n) is 10.1. The smallest absolute Gasteiger partial charge is 0.339 e. The largest absolute Gasteiger partial charge is 0.492 e. The number of nitrogens with one attached hydrogen (secondary N) is 1. The van der Waals surface area contributed by atoms with Gasteiger partial charge < -0.3 is 14.5 Å². The third-order valence-corrected chi connectivity index (χ3v) is 4.94. The number of fused-ring (bicyclic) bond motifs is 1. The highest BCUT2D eigenvalue weighted by atomic mass is 16.5. The van der Waals surface area contributed by atoms with E-state index in [2.05, 4.69) is 5.32 Å². The fraction of sp³-hybridized carbons (Fsp3) is 0.174. The van der Waals surface area contributed by atoms with Gasteiger partial charge in [-0.3, -0.25) is 19.3 Å². The zero-order chi connectivity index (χ0) is 23.7. The lowest BCUT2D eigenvalue weighted by Crippen LogP contribution is -2.33. The second kappa shape index (κ2) is 8.58. The molecule has 2 heterocycles. The number of rotatable bonds is 6. The summed E-state index contributed by atoms with van der Waals surface area (Å²) < 4.78 is 10.7. The first kappa shape index (κ1) is 21.8. The van der Waals surface area contributed by atoms with Gasteiger partial charge in [0.15, 0.2) is 0 Å². The van der Waals surface area contributed by atoms with Gasteiger partial charge in [-0.25, -0.2) is 14.5 Å². The summed E-state index contributed by atoms with van der Waals surface area (Å²) in [5, 5.41) is 3.03. The minimum absolute atomic E-state index is 0.155. The van der Waals surface area contributed by atoms with E-state index in [1.807, 2.05) is 0 Å². The summed E-state index contributed by atoms with van der Waals surface area (Å²) in [5.74, 6) is -2.06. The Bertz CT molecular complexity index is 1360. The molecule has 4 rings (SSSR count). The molecule has 1 aliphatic rings. The van der Waals surface area contributed by atoms with E-state index in [0.29, 0.717) is 23.2 Å². The second-order valence-electron chi connectivity index (χ2n) is 7.20. The van der Waals surface area contributed by atoms with Crippen LogP contribution in [0.15, 0.2) is 57.7 Å². The van der Waals surface area contributed by atoms with Crippen molar-refractivity contribution in [3.8, 4) is 5.75 Å². The highest BCUT2D eigenvalue weighted by Gasteiger charge is 2.46. The molecule has 0 saturated carbocycles. The molecule has 0 bridgehead atoms. The number of carbonyl (C=O) groups excluding carboxylic acids is 4. The summed E-state index contributed by atoms with van der Waals surface area (Å²) in [4.78, 5) is 63.4. The molecule has 2 aromatic carbocycles. The van der Waals surface area contributed by atoms with E-state index >= 15 is 0 Å². The van der Waals surface area contributed by atoms with E-state index in [1.165, 1.54) is 19.1 Å². The molecule has 0 spiro atoms. The highest BCUT2D eigenvalue weighted by molar-refractivity contribution is 6.53. The van der Waals surface area contributed by atoms with E-state index < -0.39 is 23.5 Å². The molecule has 10 nitrogen and oxygen atoms in total. The third-order valence-electron chi connectivity index (χ3n) is 4.94. The number of imide groups is 2. The van der Waals surface area contributed by atoms with E-state index in [0.717, 1.165) is 15.9 Å². The Morgan fingerprint density at radius 1 is 1.03 bits per heavy atom. The van der Waals surface area contributed by atoms with Crippen LogP contribution in [0.4, 0.5) is 16.2 Å². The third kappa shape index (κ3) is 4.05. The quantitative estimate of drug-likeness (QED) is 0.348. The number of ether oxygens (including phenoxy) is 1. The molecule has 0 aliphatic carbocycles. The van der Waals surface area contributed by atoms with Crippen LogP contribution >= 0.6 is 0 Å². The number of hydrogen-bond acceptors (Lipinski definition) is 7. The maximum Gasteiger partial charge on any atom is 0.339 e. The SMILES string of the molecule is CCOc1ccccc1N1C(=O)C(=O)N(Cc2cc(=O)oc3cc(NC(C)=O)ccc23)C1=O. The van der Waals surface area contributed by atoms with Crippen molar-refractivity contribution in [2.45, 2.75) is 20.4 Å². The average Bonchev–Trinajstić information content (AvgIpc) is 2.97. The maximum absolute atomic E-state index is 13.1. The van der Waals surface area contributed by atoms with Crippen LogP contribution in [0.1, 0.15) is 19.4 Å². The molecule has 0 atom stereocenters. The Balaban J connectivity index is 1.70. The minimum Gasteiger partial charge on any atom is -0.492 e. The van der Waals surface area contributed by atoms with Crippen molar-refractivity contribution in [3.63, 3.8) is 0 Å². The summed E-state index contributed by atoms with van der Waals surface area (Å²) in [7, 11) is 0. The van der Waals surface area contributed by atoms with E-state index in [9.17, 15) is 24.0 Å². The number of hydrogen-bond donors (Lipinski definition) is 1. The van der Waals surface area contributed by atoms with Gasteiger partial charge in [0, 0.05) is 30.1 Å². The zero-order valence-electron chi connectivity index (χ0n) is 17.8. The van der Waals surface area contributed by atoms with Gasteiger partial charge in [-0.15, -0.1) is 0 Å². The lowest BCUT2D eigenvalue weighted by Gasteiger charge is -2.18. The van der Waals surface area contributed by atoms with Crippen molar-refractivity contribution >= 4 is 46.1 Å². The Labute approximate surface area is 187 Å². The van der Waals surface area contributed by atoms with Gasteiger partial charge in [-0.05, 0) is 36.8 Å². The van der Waals surface area contributed by atoms with Crippen molar-refractivity contribution in [1.29, 1.82) is 0 Å². The van der Waals surface area contributed by atoms with E-state index in [-0.39, 0.29) is 29.5 Å². The molecule has 1 aromatic heterocycles. The Kier molecular flexibility index (Phi) is 5.65. The maximum atomic E-state index is 13.1. The lowest BCUT2D eigenvalue weighted by atomic mass is 10.1. The molecular formula is C23H19N3O7. The van der Waals surface area contributed by atoms with Crippen LogP contribution in [0.2, 0.25) is 0 Å². The number of nitrogens with zero attached hydrogens (tertiary/aromatic N) is 2. The normalized spacial score (nSPS) is 13.7. The van der Waals surface area contributed by atoms with Crippen molar-refractivity contribution in [2.24, 2.45) is 0 Å². The van der Waals surface area contributed by atoms with Crippen LogP contribution in [0.5, 0.6) is 5.75 Å². The van der Waals surface area contributed by atoms with Gasteiger partial charge >= 0.3 is 23.5 Å². The minimum atomic E-state index is -1.03. The first-order valence-corrected chi connectivity index (χ1v) is 10.1.